The van der Waals surface area contributed by atoms with Crippen molar-refractivity contribution in [2.45, 2.75) is 27.7 Å². The Morgan fingerprint density at radius 2 is 1.82 bits per heavy atom. The van der Waals surface area contributed by atoms with Crippen molar-refractivity contribution >= 4 is 6.72 Å². The van der Waals surface area contributed by atoms with Gasteiger partial charge in [0.2, 0.25) is 0 Å². The molecule has 0 fully saturated rings. The van der Waals surface area contributed by atoms with Crippen LogP contribution in [0, 0.1) is 5.92 Å². The molecule has 0 aromatic rings. The minimum atomic E-state index is 0.503. The Morgan fingerprint density at radius 3 is 2.09 bits per heavy atom. The molecular weight excluding hydrogens is 134 g/mol. The topological polar surface area (TPSA) is 12.4 Å². The van der Waals surface area contributed by atoms with Gasteiger partial charge in [-0.05, 0) is 18.7 Å². The summed E-state index contributed by atoms with van der Waals surface area (Å²) in [7, 11) is 0. The van der Waals surface area contributed by atoms with Crippen LogP contribution >= 0.6 is 0 Å². The Labute approximate surface area is 70.5 Å². The lowest BCUT2D eigenvalue weighted by molar-refractivity contribution is 0.795. The maximum Gasteiger partial charge on any atom is 0.0263 e. The monoisotopic (exact) mass is 153 g/mol. The first-order valence-electron chi connectivity index (χ1n) is 3.99. The van der Waals surface area contributed by atoms with Gasteiger partial charge in [-0.1, -0.05) is 39.8 Å². The predicted molar refractivity (Wildman–Crippen MR) is 54.0 cm³/mol. The summed E-state index contributed by atoms with van der Waals surface area (Å²) in [5, 5.41) is 0. The number of nitrogens with zero attached hydrogens (tertiary/aromatic N) is 1. The zero-order valence-electron chi connectivity index (χ0n) is 8.09. The molecule has 0 aliphatic carbocycles. The summed E-state index contributed by atoms with van der Waals surface area (Å²) < 4.78 is 0. The Kier molecular flexibility index (Phi) is 10.6. The average Bonchev–Trinajstić information content (AvgIpc) is 2.03. The molecule has 0 aromatic carbocycles. The highest BCUT2D eigenvalue weighted by atomic mass is 14.6. The van der Waals surface area contributed by atoms with Crippen LogP contribution in [0.15, 0.2) is 29.4 Å². The first-order valence-corrected chi connectivity index (χ1v) is 3.99. The number of hydrogen-bond donors (Lipinski definition) is 0. The smallest absolute Gasteiger partial charge is 0.0263 e. The summed E-state index contributed by atoms with van der Waals surface area (Å²) in [5.74, 6) is 0.503. The van der Waals surface area contributed by atoms with Crippen molar-refractivity contribution in [2.24, 2.45) is 10.9 Å². The summed E-state index contributed by atoms with van der Waals surface area (Å²) in [6, 6.07) is 0. The largest absolute Gasteiger partial charge is 0.273 e. The van der Waals surface area contributed by atoms with E-state index in [0.29, 0.717) is 5.92 Å². The average molecular weight is 153 g/mol. The molecule has 0 aliphatic rings. The fraction of sp³-hybridized carbons (Fsp3) is 0.500. The van der Waals surface area contributed by atoms with Crippen LogP contribution in [-0.2, 0) is 0 Å². The summed E-state index contributed by atoms with van der Waals surface area (Å²) in [6.45, 7) is 15.3. The Hall–Kier alpha value is -0.850. The van der Waals surface area contributed by atoms with Gasteiger partial charge in [-0.3, -0.25) is 4.99 Å². The van der Waals surface area contributed by atoms with Crippen molar-refractivity contribution in [3.63, 3.8) is 0 Å². The first-order chi connectivity index (χ1) is 5.18. The zero-order chi connectivity index (χ0) is 9.28. The molecule has 0 aliphatic heterocycles. The quantitative estimate of drug-likeness (QED) is 0.435. The van der Waals surface area contributed by atoms with Gasteiger partial charge in [0.15, 0.2) is 0 Å². The number of aliphatic imine (C=N–C) groups is 1. The van der Waals surface area contributed by atoms with E-state index in [1.807, 2.05) is 19.9 Å². The van der Waals surface area contributed by atoms with E-state index in [9.17, 15) is 0 Å². The SMILES string of the molecule is C=N/C=C\C(=C)C(C)C.CC. The molecule has 0 aromatic heterocycles. The van der Waals surface area contributed by atoms with Crippen molar-refractivity contribution in [1.29, 1.82) is 0 Å². The lowest BCUT2D eigenvalue weighted by Crippen LogP contribution is -1.86. The molecule has 0 spiro atoms. The fourth-order valence-corrected chi connectivity index (χ4v) is 0.341. The van der Waals surface area contributed by atoms with Crippen molar-refractivity contribution in [2.75, 3.05) is 0 Å². The van der Waals surface area contributed by atoms with Crippen LogP contribution in [0.2, 0.25) is 0 Å². The van der Waals surface area contributed by atoms with Crippen LogP contribution in [0.5, 0.6) is 0 Å². The van der Waals surface area contributed by atoms with Crippen LogP contribution in [0.1, 0.15) is 27.7 Å². The number of rotatable bonds is 3. The third-order valence-corrected chi connectivity index (χ3v) is 1.14. The normalized spacial score (nSPS) is 9.18. The van der Waals surface area contributed by atoms with E-state index in [1.54, 1.807) is 6.20 Å². The van der Waals surface area contributed by atoms with Crippen LogP contribution in [-0.4, -0.2) is 6.72 Å². The maximum atomic E-state index is 3.82. The molecule has 11 heavy (non-hydrogen) atoms. The molecule has 0 rings (SSSR count). The molecule has 0 bridgehead atoms. The standard InChI is InChI=1S/C8H13N.C2H6/c1-7(2)8(3)5-6-9-4;1-2/h5-7H,3-4H2,1-2H3;1-2H3/b6-5-;. The first kappa shape index (κ1) is 12.8. The molecule has 1 heteroatoms. The second-order valence-corrected chi connectivity index (χ2v) is 2.23. The van der Waals surface area contributed by atoms with E-state index in [4.69, 9.17) is 0 Å². The lowest BCUT2D eigenvalue weighted by atomic mass is 10.1. The minimum absolute atomic E-state index is 0.503. The van der Waals surface area contributed by atoms with Crippen molar-refractivity contribution in [1.82, 2.24) is 0 Å². The second-order valence-electron chi connectivity index (χ2n) is 2.23. The van der Waals surface area contributed by atoms with Gasteiger partial charge in [0, 0.05) is 6.20 Å². The van der Waals surface area contributed by atoms with Crippen LogP contribution in [0.25, 0.3) is 0 Å². The molecule has 64 valence electrons. The van der Waals surface area contributed by atoms with Gasteiger partial charge in [-0.15, -0.1) is 0 Å². The molecule has 0 atom stereocenters. The lowest BCUT2D eigenvalue weighted by Gasteiger charge is -2.00. The molecule has 1 nitrogen and oxygen atoms in total. The van der Waals surface area contributed by atoms with Gasteiger partial charge in [-0.25, -0.2) is 0 Å². The summed E-state index contributed by atoms with van der Waals surface area (Å²) in [4.78, 5) is 3.57. The molecule has 0 saturated heterocycles. The summed E-state index contributed by atoms with van der Waals surface area (Å²) in [6.07, 6.45) is 3.53. The molecular formula is C10H19N. The molecule has 0 unspecified atom stereocenters. The van der Waals surface area contributed by atoms with Gasteiger partial charge in [-0.2, -0.15) is 0 Å². The van der Waals surface area contributed by atoms with Crippen molar-refractivity contribution in [3.8, 4) is 0 Å². The predicted octanol–water partition coefficient (Wildman–Crippen LogP) is 3.44. The molecule has 0 saturated carbocycles. The molecule has 0 radical (unpaired) electrons. The molecule has 0 amide bonds. The van der Waals surface area contributed by atoms with Crippen LogP contribution in [0.4, 0.5) is 0 Å². The van der Waals surface area contributed by atoms with Gasteiger partial charge in [0.1, 0.15) is 0 Å². The number of hydrogen-bond acceptors (Lipinski definition) is 1. The van der Waals surface area contributed by atoms with Gasteiger partial charge < -0.3 is 0 Å². The third kappa shape index (κ3) is 9.15. The van der Waals surface area contributed by atoms with E-state index in [-0.39, 0.29) is 0 Å². The highest BCUT2D eigenvalue weighted by Gasteiger charge is 1.92. The van der Waals surface area contributed by atoms with E-state index >= 15 is 0 Å². The maximum absolute atomic E-state index is 3.82. The minimum Gasteiger partial charge on any atom is -0.273 e. The Bertz CT molecular complexity index is 132. The van der Waals surface area contributed by atoms with E-state index < -0.39 is 0 Å². The van der Waals surface area contributed by atoms with Gasteiger partial charge in [0.05, 0.1) is 0 Å². The molecule has 0 N–H and O–H groups in total. The fourth-order valence-electron chi connectivity index (χ4n) is 0.341. The Balaban J connectivity index is 0. The van der Waals surface area contributed by atoms with Gasteiger partial charge >= 0.3 is 0 Å². The highest BCUT2D eigenvalue weighted by molar-refractivity contribution is 5.27. The zero-order valence-corrected chi connectivity index (χ0v) is 8.09. The van der Waals surface area contributed by atoms with E-state index in [1.165, 1.54) is 0 Å². The number of allylic oxidation sites excluding steroid dienone is 2. The van der Waals surface area contributed by atoms with Crippen molar-refractivity contribution < 1.29 is 0 Å². The second kappa shape index (κ2) is 9.15. The van der Waals surface area contributed by atoms with Crippen LogP contribution < -0.4 is 0 Å². The highest BCUT2D eigenvalue weighted by Crippen LogP contribution is 2.06. The summed E-state index contributed by atoms with van der Waals surface area (Å²) in [5.41, 5.74) is 1.09. The van der Waals surface area contributed by atoms with E-state index in [2.05, 4.69) is 32.1 Å². The van der Waals surface area contributed by atoms with E-state index in [0.717, 1.165) is 5.57 Å². The van der Waals surface area contributed by atoms with Gasteiger partial charge in [0.25, 0.3) is 0 Å². The Morgan fingerprint density at radius 1 is 1.36 bits per heavy atom. The van der Waals surface area contributed by atoms with Crippen LogP contribution in [0.3, 0.4) is 0 Å². The summed E-state index contributed by atoms with van der Waals surface area (Å²) >= 11 is 0. The van der Waals surface area contributed by atoms with Crippen molar-refractivity contribution in [3.05, 3.63) is 24.4 Å². The molecule has 0 heterocycles. The third-order valence-electron chi connectivity index (χ3n) is 1.14.